The number of aliphatic hydroxyl groups excluding tert-OH is 1. The first-order chi connectivity index (χ1) is 21.4. The van der Waals surface area contributed by atoms with E-state index in [0.717, 1.165) is 25.7 Å². The Morgan fingerprint density at radius 3 is 1.56 bits per heavy atom. The van der Waals surface area contributed by atoms with Gasteiger partial charge < -0.3 is 43.0 Å². The molecule has 4 aliphatic rings. The fraction of sp³-hybridized carbons (Fsp3) is 0.909. The minimum Gasteiger partial charge on any atom is -0.436 e. The largest absolute Gasteiger partial charge is 0.436 e. The third-order valence-electron chi connectivity index (χ3n) is 9.28. The molecule has 0 amide bonds. The van der Waals surface area contributed by atoms with Crippen molar-refractivity contribution in [1.29, 1.82) is 0 Å². The van der Waals surface area contributed by atoms with Crippen LogP contribution in [0.4, 0.5) is 0 Å². The van der Waals surface area contributed by atoms with Gasteiger partial charge in [-0.05, 0) is 85.5 Å². The van der Waals surface area contributed by atoms with Gasteiger partial charge in [-0.15, -0.1) is 0 Å². The third-order valence-corrected chi connectivity index (χ3v) is 9.28. The fourth-order valence-corrected chi connectivity index (χ4v) is 6.13. The first kappa shape index (κ1) is 36.0. The number of carbonyl (C=O) groups is 3. The van der Waals surface area contributed by atoms with Crippen LogP contribution in [0.2, 0.25) is 0 Å². The standard InChI is InChI=1S/C33H54O12/c1-7-23(9-8-19(2)34)30(35)41-20(3)38-16-33(6,17-39-21(4)42-31(36)24-10-12-26-28(14-24)44-26)18-40-22(5)43-32(37)25-11-13-27-29(15-25)45-27/h19-29,34H,7-18H2,1-6H3. The second-order valence-corrected chi connectivity index (χ2v) is 13.7. The Kier molecular flexibility index (Phi) is 13.1. The predicted octanol–water partition coefficient (Wildman–Crippen LogP) is 4.03. The van der Waals surface area contributed by atoms with Crippen molar-refractivity contribution in [3.05, 3.63) is 0 Å². The summed E-state index contributed by atoms with van der Waals surface area (Å²) in [6, 6.07) is 0. The number of rotatable bonds is 19. The zero-order valence-electron chi connectivity index (χ0n) is 27.8. The number of epoxide rings is 2. The monoisotopic (exact) mass is 642 g/mol. The molecule has 0 aromatic rings. The van der Waals surface area contributed by atoms with Gasteiger partial charge in [0.1, 0.15) is 0 Å². The Hall–Kier alpha value is -1.83. The van der Waals surface area contributed by atoms with E-state index in [2.05, 4.69) is 0 Å². The van der Waals surface area contributed by atoms with E-state index >= 15 is 0 Å². The molecule has 2 saturated heterocycles. The van der Waals surface area contributed by atoms with Crippen LogP contribution in [0.25, 0.3) is 0 Å². The van der Waals surface area contributed by atoms with Gasteiger partial charge >= 0.3 is 17.9 Å². The Balaban J connectivity index is 1.27. The van der Waals surface area contributed by atoms with E-state index in [-0.39, 0.29) is 67.7 Å². The first-order valence-electron chi connectivity index (χ1n) is 16.8. The van der Waals surface area contributed by atoms with Crippen molar-refractivity contribution in [1.82, 2.24) is 0 Å². The number of fused-ring (bicyclic) bond motifs is 2. The summed E-state index contributed by atoms with van der Waals surface area (Å²) in [5.74, 6) is -1.69. The van der Waals surface area contributed by atoms with E-state index < -0.39 is 30.4 Å². The molecule has 2 aliphatic heterocycles. The minimum absolute atomic E-state index is 0.0826. The second-order valence-electron chi connectivity index (χ2n) is 13.7. The Morgan fingerprint density at radius 2 is 1.16 bits per heavy atom. The number of hydrogen-bond acceptors (Lipinski definition) is 12. The van der Waals surface area contributed by atoms with Crippen LogP contribution < -0.4 is 0 Å². The molecule has 4 rings (SSSR count). The van der Waals surface area contributed by atoms with Crippen LogP contribution in [0.3, 0.4) is 0 Å². The van der Waals surface area contributed by atoms with E-state index in [1.807, 2.05) is 13.8 Å². The highest BCUT2D eigenvalue weighted by atomic mass is 16.7. The topological polar surface area (TPSA) is 152 Å². The van der Waals surface area contributed by atoms with Crippen molar-refractivity contribution in [3.63, 3.8) is 0 Å². The van der Waals surface area contributed by atoms with Crippen LogP contribution in [0, 0.1) is 23.2 Å². The van der Waals surface area contributed by atoms with Gasteiger partial charge in [-0.1, -0.05) is 13.8 Å². The summed E-state index contributed by atoms with van der Waals surface area (Å²) in [7, 11) is 0. The molecule has 2 heterocycles. The maximum atomic E-state index is 12.7. The van der Waals surface area contributed by atoms with E-state index in [0.29, 0.717) is 44.3 Å². The maximum Gasteiger partial charge on any atom is 0.311 e. The average molecular weight is 643 g/mol. The second kappa shape index (κ2) is 16.3. The summed E-state index contributed by atoms with van der Waals surface area (Å²) in [5.41, 5.74) is -0.779. The summed E-state index contributed by atoms with van der Waals surface area (Å²) in [5, 5.41) is 9.60. The van der Waals surface area contributed by atoms with Crippen LogP contribution in [0.15, 0.2) is 0 Å². The van der Waals surface area contributed by atoms with E-state index in [1.165, 1.54) is 0 Å². The highest BCUT2D eigenvalue weighted by Gasteiger charge is 2.47. The summed E-state index contributed by atoms with van der Waals surface area (Å²) in [4.78, 5) is 38.2. The summed E-state index contributed by atoms with van der Waals surface area (Å²) < 4.78 is 45.7. The van der Waals surface area contributed by atoms with Gasteiger partial charge in [-0.25, -0.2) is 0 Å². The van der Waals surface area contributed by atoms with Crippen molar-refractivity contribution in [2.75, 3.05) is 19.8 Å². The zero-order valence-corrected chi connectivity index (χ0v) is 27.8. The zero-order chi connectivity index (χ0) is 32.7. The molecule has 12 nitrogen and oxygen atoms in total. The van der Waals surface area contributed by atoms with Gasteiger partial charge in [0.05, 0.1) is 68.1 Å². The molecule has 1 N–H and O–H groups in total. The molecule has 4 fully saturated rings. The lowest BCUT2D eigenvalue weighted by atomic mass is 9.89. The predicted molar refractivity (Wildman–Crippen MR) is 159 cm³/mol. The molecule has 12 heteroatoms. The van der Waals surface area contributed by atoms with Gasteiger partial charge in [-0.3, -0.25) is 14.4 Å². The van der Waals surface area contributed by atoms with Gasteiger partial charge in [0.2, 0.25) is 0 Å². The van der Waals surface area contributed by atoms with E-state index in [1.54, 1.807) is 27.7 Å². The van der Waals surface area contributed by atoms with Crippen LogP contribution in [-0.2, 0) is 52.3 Å². The fourth-order valence-electron chi connectivity index (χ4n) is 6.13. The molecule has 0 spiro atoms. The first-order valence-corrected chi connectivity index (χ1v) is 16.8. The van der Waals surface area contributed by atoms with Gasteiger partial charge in [0.25, 0.3) is 0 Å². The molecule has 0 bridgehead atoms. The van der Waals surface area contributed by atoms with Crippen molar-refractivity contribution in [2.45, 2.75) is 149 Å². The molecule has 11 atom stereocenters. The SMILES string of the molecule is CCC(CCC(C)O)C(=O)OC(C)OCC(C)(COC(C)OC(=O)C1CCC2OC2C1)COC(C)OC(=O)C1CCC2OC2C1. The van der Waals surface area contributed by atoms with Crippen molar-refractivity contribution in [3.8, 4) is 0 Å². The van der Waals surface area contributed by atoms with Crippen LogP contribution in [0.5, 0.6) is 0 Å². The average Bonchev–Trinajstić information content (AvgIpc) is 3.92. The maximum absolute atomic E-state index is 12.7. The molecule has 0 aromatic heterocycles. The van der Waals surface area contributed by atoms with Gasteiger partial charge in [-0.2, -0.15) is 0 Å². The number of hydrogen-bond donors (Lipinski definition) is 1. The Bertz CT molecular complexity index is 935. The Labute approximate surface area is 267 Å². The lowest BCUT2D eigenvalue weighted by molar-refractivity contribution is -0.213. The minimum atomic E-state index is -0.845. The van der Waals surface area contributed by atoms with Crippen LogP contribution in [-0.4, -0.2) is 92.2 Å². The van der Waals surface area contributed by atoms with Crippen molar-refractivity contribution >= 4 is 17.9 Å². The normalized spacial score (nSPS) is 31.5. The smallest absolute Gasteiger partial charge is 0.311 e. The molecule has 2 aliphatic carbocycles. The number of aliphatic hydroxyl groups is 1. The molecule has 0 radical (unpaired) electrons. The quantitative estimate of drug-likeness (QED) is 0.0937. The summed E-state index contributed by atoms with van der Waals surface area (Å²) in [6.07, 6.45) is 4.18. The summed E-state index contributed by atoms with van der Waals surface area (Å²) >= 11 is 0. The van der Waals surface area contributed by atoms with Gasteiger partial charge in [0.15, 0.2) is 18.9 Å². The van der Waals surface area contributed by atoms with Crippen LogP contribution in [0.1, 0.15) is 99.3 Å². The third kappa shape index (κ3) is 11.4. The lowest BCUT2D eigenvalue weighted by Crippen LogP contribution is -2.40. The summed E-state index contributed by atoms with van der Waals surface area (Å²) in [6.45, 7) is 10.7. The highest BCUT2D eigenvalue weighted by molar-refractivity contribution is 5.73. The molecule has 0 aromatic carbocycles. The Morgan fingerprint density at radius 1 is 0.711 bits per heavy atom. The van der Waals surface area contributed by atoms with E-state index in [4.69, 9.17) is 37.9 Å². The molecule has 45 heavy (non-hydrogen) atoms. The number of ether oxygens (including phenoxy) is 8. The highest BCUT2D eigenvalue weighted by Crippen LogP contribution is 2.41. The van der Waals surface area contributed by atoms with Gasteiger partial charge in [0, 0.05) is 5.41 Å². The van der Waals surface area contributed by atoms with Crippen molar-refractivity contribution in [2.24, 2.45) is 23.2 Å². The molecule has 2 saturated carbocycles. The van der Waals surface area contributed by atoms with E-state index in [9.17, 15) is 19.5 Å². The molecular weight excluding hydrogens is 588 g/mol. The molecule has 258 valence electrons. The lowest BCUT2D eigenvalue weighted by Gasteiger charge is -2.32. The molecule has 11 unspecified atom stereocenters. The van der Waals surface area contributed by atoms with Crippen molar-refractivity contribution < 1.29 is 57.4 Å². The number of carbonyl (C=O) groups excluding carboxylic acids is 3. The van der Waals surface area contributed by atoms with Crippen LogP contribution >= 0.6 is 0 Å². The molecular formula is C33H54O12. The number of esters is 3.